The van der Waals surface area contributed by atoms with E-state index >= 15 is 0 Å². The Kier molecular flexibility index (Phi) is 6.47. The molecule has 0 atom stereocenters. The predicted molar refractivity (Wildman–Crippen MR) is 134 cm³/mol. The van der Waals surface area contributed by atoms with Crippen LogP contribution in [0, 0.1) is 0 Å². The highest BCUT2D eigenvalue weighted by atomic mass is 16.5. The van der Waals surface area contributed by atoms with Crippen molar-refractivity contribution in [3.63, 3.8) is 0 Å². The van der Waals surface area contributed by atoms with E-state index in [0.717, 1.165) is 12.8 Å². The molecule has 0 aromatic heterocycles. The molecule has 0 radical (unpaired) electrons. The number of urea groups is 1. The molecule has 0 unspecified atom stereocenters. The molecule has 0 bridgehead atoms. The van der Waals surface area contributed by atoms with Crippen LogP contribution in [0.5, 0.6) is 0 Å². The van der Waals surface area contributed by atoms with Crippen molar-refractivity contribution in [2.45, 2.75) is 44.1 Å². The molecule has 174 valence electrons. The van der Waals surface area contributed by atoms with Gasteiger partial charge in [-0.2, -0.15) is 0 Å². The number of carbonyl (C=O) groups excluding carboxylic acids is 2. The van der Waals surface area contributed by atoms with Crippen molar-refractivity contribution in [1.82, 2.24) is 5.32 Å². The smallest absolute Gasteiger partial charge is 0.411 e. The van der Waals surface area contributed by atoms with Gasteiger partial charge in [0.05, 0.1) is 0 Å². The highest BCUT2D eigenvalue weighted by Crippen LogP contribution is 2.44. The van der Waals surface area contributed by atoms with E-state index in [9.17, 15) is 9.59 Å². The first kappa shape index (κ1) is 22.0. The molecule has 2 aliphatic carbocycles. The molecule has 6 nitrogen and oxygen atoms in total. The van der Waals surface area contributed by atoms with Crippen LogP contribution >= 0.6 is 0 Å². The third kappa shape index (κ3) is 4.91. The van der Waals surface area contributed by atoms with E-state index in [1.54, 1.807) is 24.3 Å². The van der Waals surface area contributed by atoms with Gasteiger partial charge in [-0.15, -0.1) is 0 Å². The maximum Gasteiger partial charge on any atom is 0.411 e. The van der Waals surface area contributed by atoms with E-state index in [2.05, 4.69) is 40.2 Å². The van der Waals surface area contributed by atoms with Crippen LogP contribution in [0.1, 0.15) is 49.1 Å². The summed E-state index contributed by atoms with van der Waals surface area (Å²) in [6, 6.07) is 23.6. The van der Waals surface area contributed by atoms with Gasteiger partial charge in [-0.3, -0.25) is 5.32 Å². The van der Waals surface area contributed by atoms with Crippen molar-refractivity contribution in [1.29, 1.82) is 0 Å². The van der Waals surface area contributed by atoms with Crippen molar-refractivity contribution >= 4 is 23.5 Å². The van der Waals surface area contributed by atoms with Crippen molar-refractivity contribution in [3.05, 3.63) is 83.9 Å². The van der Waals surface area contributed by atoms with Crippen LogP contribution in [0.15, 0.2) is 72.8 Å². The van der Waals surface area contributed by atoms with E-state index in [4.69, 9.17) is 4.74 Å². The van der Waals surface area contributed by atoms with Gasteiger partial charge >= 0.3 is 12.1 Å². The number of fused-ring (bicyclic) bond motifs is 3. The summed E-state index contributed by atoms with van der Waals surface area (Å²) in [6.45, 7) is 0.265. The number of amides is 3. The van der Waals surface area contributed by atoms with Crippen LogP contribution in [-0.4, -0.2) is 24.8 Å². The molecular formula is C28H29N3O3. The minimum Gasteiger partial charge on any atom is -0.448 e. The Balaban J connectivity index is 1.14. The van der Waals surface area contributed by atoms with E-state index in [0.29, 0.717) is 11.4 Å². The van der Waals surface area contributed by atoms with Gasteiger partial charge in [0.15, 0.2) is 0 Å². The maximum absolute atomic E-state index is 12.5. The van der Waals surface area contributed by atoms with Crippen LogP contribution < -0.4 is 16.0 Å². The van der Waals surface area contributed by atoms with Crippen LogP contribution in [0.3, 0.4) is 0 Å². The Labute approximate surface area is 199 Å². The SMILES string of the molecule is O=C(Nc1ccc(NC(=O)OCC2c3ccccc3-c3ccccc32)cc1)NC1CCCCC1. The lowest BCUT2D eigenvalue weighted by atomic mass is 9.96. The van der Waals surface area contributed by atoms with Gasteiger partial charge in [0, 0.05) is 23.3 Å². The lowest BCUT2D eigenvalue weighted by molar-refractivity contribution is 0.158. The van der Waals surface area contributed by atoms with Crippen LogP contribution in [0.2, 0.25) is 0 Å². The molecule has 0 saturated heterocycles. The van der Waals surface area contributed by atoms with Gasteiger partial charge in [-0.05, 0) is 59.4 Å². The molecule has 3 aromatic carbocycles. The second kappa shape index (κ2) is 10.00. The number of carbonyl (C=O) groups is 2. The molecular weight excluding hydrogens is 426 g/mol. The van der Waals surface area contributed by atoms with Gasteiger partial charge in [0.2, 0.25) is 0 Å². The van der Waals surface area contributed by atoms with Crippen molar-refractivity contribution in [2.24, 2.45) is 0 Å². The topological polar surface area (TPSA) is 79.5 Å². The Morgan fingerprint density at radius 3 is 1.91 bits per heavy atom. The molecule has 0 aliphatic heterocycles. The summed E-state index contributed by atoms with van der Waals surface area (Å²) in [5, 5.41) is 8.66. The molecule has 0 spiro atoms. The van der Waals surface area contributed by atoms with Crippen molar-refractivity contribution < 1.29 is 14.3 Å². The molecule has 34 heavy (non-hydrogen) atoms. The van der Waals surface area contributed by atoms with Crippen LogP contribution in [0.4, 0.5) is 21.0 Å². The van der Waals surface area contributed by atoms with E-state index in [1.165, 1.54) is 41.5 Å². The maximum atomic E-state index is 12.5. The summed E-state index contributed by atoms with van der Waals surface area (Å²) in [6.07, 6.45) is 5.16. The standard InChI is InChI=1S/C28H29N3O3/c32-27(29-19-8-2-1-3-9-19)30-20-14-16-21(17-15-20)31-28(33)34-18-26-24-12-6-4-10-22(24)23-11-5-7-13-25(23)26/h4-7,10-17,19,26H,1-3,8-9,18H2,(H,31,33)(H2,29,30,32). The number of hydrogen-bond donors (Lipinski definition) is 3. The second-order valence-corrected chi connectivity index (χ2v) is 8.96. The fourth-order valence-corrected chi connectivity index (χ4v) is 4.99. The Morgan fingerprint density at radius 2 is 1.29 bits per heavy atom. The van der Waals surface area contributed by atoms with Gasteiger partial charge in [-0.1, -0.05) is 67.8 Å². The van der Waals surface area contributed by atoms with Crippen LogP contribution in [0.25, 0.3) is 11.1 Å². The molecule has 6 heteroatoms. The predicted octanol–water partition coefficient (Wildman–Crippen LogP) is 6.50. The van der Waals surface area contributed by atoms with Gasteiger partial charge in [0.25, 0.3) is 0 Å². The van der Waals surface area contributed by atoms with Crippen molar-refractivity contribution in [3.8, 4) is 11.1 Å². The van der Waals surface area contributed by atoms with Gasteiger partial charge in [-0.25, -0.2) is 9.59 Å². The minimum atomic E-state index is -0.502. The third-order valence-electron chi connectivity index (χ3n) is 6.67. The second-order valence-electron chi connectivity index (χ2n) is 8.96. The molecule has 3 amide bonds. The molecule has 1 saturated carbocycles. The average molecular weight is 456 g/mol. The number of nitrogens with one attached hydrogen (secondary N) is 3. The lowest BCUT2D eigenvalue weighted by Gasteiger charge is -2.22. The van der Waals surface area contributed by atoms with E-state index in [-0.39, 0.29) is 24.6 Å². The van der Waals surface area contributed by atoms with E-state index in [1.807, 2.05) is 24.3 Å². The number of rotatable bonds is 5. The summed E-state index contributed by atoms with van der Waals surface area (Å²) >= 11 is 0. The highest BCUT2D eigenvalue weighted by Gasteiger charge is 2.29. The number of benzene rings is 3. The normalized spacial score (nSPS) is 15.2. The molecule has 0 heterocycles. The molecule has 2 aliphatic rings. The summed E-state index contributed by atoms with van der Waals surface area (Å²) in [4.78, 5) is 24.7. The lowest BCUT2D eigenvalue weighted by Crippen LogP contribution is -2.38. The minimum absolute atomic E-state index is 0.0207. The zero-order valence-electron chi connectivity index (χ0n) is 19.1. The number of hydrogen-bond acceptors (Lipinski definition) is 3. The zero-order valence-corrected chi connectivity index (χ0v) is 19.1. The Morgan fingerprint density at radius 1 is 0.735 bits per heavy atom. The fraction of sp³-hybridized carbons (Fsp3) is 0.286. The first-order valence-corrected chi connectivity index (χ1v) is 12.0. The Hall–Kier alpha value is -3.80. The van der Waals surface area contributed by atoms with Crippen molar-refractivity contribution in [2.75, 3.05) is 17.2 Å². The molecule has 1 fully saturated rings. The largest absolute Gasteiger partial charge is 0.448 e. The highest BCUT2D eigenvalue weighted by molar-refractivity contribution is 5.90. The summed E-state index contributed by atoms with van der Waals surface area (Å²) in [7, 11) is 0. The first-order chi connectivity index (χ1) is 16.7. The third-order valence-corrected chi connectivity index (χ3v) is 6.67. The monoisotopic (exact) mass is 455 g/mol. The summed E-state index contributed by atoms with van der Waals surface area (Å²) < 4.78 is 5.59. The molecule has 3 aromatic rings. The van der Waals surface area contributed by atoms with E-state index < -0.39 is 6.09 Å². The zero-order chi connectivity index (χ0) is 23.3. The summed E-state index contributed by atoms with van der Waals surface area (Å²) in [5.41, 5.74) is 6.03. The van der Waals surface area contributed by atoms with Gasteiger partial charge in [0.1, 0.15) is 6.61 Å². The first-order valence-electron chi connectivity index (χ1n) is 12.0. The summed E-state index contributed by atoms with van der Waals surface area (Å²) in [5.74, 6) is 0.0207. The van der Waals surface area contributed by atoms with Crippen LogP contribution in [-0.2, 0) is 4.74 Å². The van der Waals surface area contributed by atoms with Gasteiger partial charge < -0.3 is 15.4 Å². The fourth-order valence-electron chi connectivity index (χ4n) is 4.99. The average Bonchev–Trinajstić information content (AvgIpc) is 3.18. The number of anilines is 2. The molecule has 5 rings (SSSR count). The Bertz CT molecular complexity index is 1120. The number of ether oxygens (including phenoxy) is 1. The quantitative estimate of drug-likeness (QED) is 0.411. The molecule has 3 N–H and O–H groups in total.